The third-order valence-corrected chi connectivity index (χ3v) is 3.23. The van der Waals surface area contributed by atoms with E-state index >= 15 is 0 Å². The molecule has 0 aliphatic heterocycles. The summed E-state index contributed by atoms with van der Waals surface area (Å²) in [6.45, 7) is 2.96. The lowest BCUT2D eigenvalue weighted by atomic mass is 10.0. The second-order valence-electron chi connectivity index (χ2n) is 3.64. The molecular weight excluding hydrogens is 278 g/mol. The quantitative estimate of drug-likeness (QED) is 0.941. The van der Waals surface area contributed by atoms with E-state index in [0.29, 0.717) is 0 Å². The topological polar surface area (TPSA) is 37.8 Å². The van der Waals surface area contributed by atoms with Crippen LogP contribution in [-0.4, -0.2) is 16.5 Å². The molecule has 0 radical (unpaired) electrons. The summed E-state index contributed by atoms with van der Waals surface area (Å²) < 4.78 is 1.08. The second-order valence-corrected chi connectivity index (χ2v) is 4.50. The maximum Gasteiger partial charge on any atom is 0.0801 e. The van der Waals surface area contributed by atoms with Gasteiger partial charge in [-0.15, -0.1) is 0 Å². The van der Waals surface area contributed by atoms with Crippen LogP contribution in [0.3, 0.4) is 0 Å². The Kier molecular flexibility index (Phi) is 4.23. The molecule has 2 rings (SSSR count). The number of benzene rings is 1. The Balaban J connectivity index is 2.39. The Morgan fingerprint density at radius 3 is 2.76 bits per heavy atom. The highest BCUT2D eigenvalue weighted by Gasteiger charge is 2.16. The first kappa shape index (κ1) is 12.2. The molecule has 0 saturated heterocycles. The molecule has 2 aromatic rings. The molecule has 0 aliphatic carbocycles. The van der Waals surface area contributed by atoms with Crippen molar-refractivity contribution in [2.45, 2.75) is 13.0 Å². The number of aromatic nitrogens is 2. The minimum Gasteiger partial charge on any atom is -0.305 e. The van der Waals surface area contributed by atoms with Crippen LogP contribution in [0, 0.1) is 0 Å². The Morgan fingerprint density at radius 2 is 2.12 bits per heavy atom. The van der Waals surface area contributed by atoms with Gasteiger partial charge in [-0.3, -0.25) is 9.97 Å². The predicted octanol–water partition coefficient (Wildman–Crippen LogP) is 2.94. The van der Waals surface area contributed by atoms with Crippen LogP contribution in [0.2, 0.25) is 0 Å². The molecule has 1 aromatic heterocycles. The smallest absolute Gasteiger partial charge is 0.0801 e. The summed E-state index contributed by atoms with van der Waals surface area (Å²) in [5.74, 6) is 0. The van der Waals surface area contributed by atoms with E-state index in [0.717, 1.165) is 16.7 Å². The molecule has 0 spiro atoms. The van der Waals surface area contributed by atoms with E-state index in [1.165, 1.54) is 5.56 Å². The molecule has 0 bridgehead atoms. The van der Waals surface area contributed by atoms with Crippen LogP contribution in [0.5, 0.6) is 0 Å². The highest BCUT2D eigenvalue weighted by atomic mass is 79.9. The van der Waals surface area contributed by atoms with Gasteiger partial charge < -0.3 is 5.32 Å². The molecule has 3 nitrogen and oxygen atoms in total. The third kappa shape index (κ3) is 2.90. The van der Waals surface area contributed by atoms with Crippen molar-refractivity contribution in [2.24, 2.45) is 0 Å². The van der Waals surface area contributed by atoms with Crippen LogP contribution in [0.25, 0.3) is 0 Å². The van der Waals surface area contributed by atoms with Gasteiger partial charge in [0.25, 0.3) is 0 Å². The molecule has 1 N–H and O–H groups in total. The van der Waals surface area contributed by atoms with E-state index in [-0.39, 0.29) is 6.04 Å². The molecule has 17 heavy (non-hydrogen) atoms. The van der Waals surface area contributed by atoms with Gasteiger partial charge in [-0.25, -0.2) is 0 Å². The fourth-order valence-electron chi connectivity index (χ4n) is 1.75. The van der Waals surface area contributed by atoms with Gasteiger partial charge in [0.1, 0.15) is 0 Å². The normalized spacial score (nSPS) is 12.4. The largest absolute Gasteiger partial charge is 0.305 e. The van der Waals surface area contributed by atoms with Crippen molar-refractivity contribution < 1.29 is 0 Å². The summed E-state index contributed by atoms with van der Waals surface area (Å²) >= 11 is 3.58. The van der Waals surface area contributed by atoms with Crippen molar-refractivity contribution in [3.63, 3.8) is 0 Å². The molecule has 0 aliphatic rings. The Morgan fingerprint density at radius 1 is 1.29 bits per heavy atom. The molecule has 1 atom stereocenters. The van der Waals surface area contributed by atoms with Crippen LogP contribution in [0.15, 0.2) is 47.3 Å². The Bertz CT molecular complexity index is 473. The maximum atomic E-state index is 4.37. The van der Waals surface area contributed by atoms with Crippen molar-refractivity contribution in [1.82, 2.24) is 15.3 Å². The van der Waals surface area contributed by atoms with E-state index < -0.39 is 0 Å². The van der Waals surface area contributed by atoms with E-state index in [1.54, 1.807) is 18.6 Å². The van der Waals surface area contributed by atoms with Crippen molar-refractivity contribution in [2.75, 3.05) is 6.54 Å². The average molecular weight is 292 g/mol. The number of rotatable bonds is 4. The number of halogens is 1. The summed E-state index contributed by atoms with van der Waals surface area (Å²) in [6, 6.07) is 8.24. The van der Waals surface area contributed by atoms with Gasteiger partial charge in [0.15, 0.2) is 0 Å². The van der Waals surface area contributed by atoms with Crippen molar-refractivity contribution in [3.05, 3.63) is 58.6 Å². The van der Waals surface area contributed by atoms with Gasteiger partial charge in [0, 0.05) is 16.9 Å². The lowest BCUT2D eigenvalue weighted by Crippen LogP contribution is -2.23. The van der Waals surface area contributed by atoms with Gasteiger partial charge in [0.2, 0.25) is 0 Å². The summed E-state index contributed by atoms with van der Waals surface area (Å²) in [4.78, 5) is 8.49. The van der Waals surface area contributed by atoms with Crippen molar-refractivity contribution in [1.29, 1.82) is 0 Å². The van der Waals surface area contributed by atoms with Gasteiger partial charge in [-0.1, -0.05) is 41.1 Å². The summed E-state index contributed by atoms with van der Waals surface area (Å²) in [7, 11) is 0. The summed E-state index contributed by atoms with van der Waals surface area (Å²) in [6.07, 6.45) is 5.20. The number of hydrogen-bond donors (Lipinski definition) is 1. The van der Waals surface area contributed by atoms with E-state index in [9.17, 15) is 0 Å². The molecule has 88 valence electrons. The number of hydrogen-bond acceptors (Lipinski definition) is 3. The Labute approximate surface area is 109 Å². The monoisotopic (exact) mass is 291 g/mol. The molecule has 4 heteroatoms. The first-order valence-corrected chi connectivity index (χ1v) is 6.36. The van der Waals surface area contributed by atoms with Gasteiger partial charge in [-0.2, -0.15) is 0 Å². The first-order chi connectivity index (χ1) is 8.33. The number of nitrogens with one attached hydrogen (secondary N) is 1. The van der Waals surface area contributed by atoms with Gasteiger partial charge >= 0.3 is 0 Å². The summed E-state index contributed by atoms with van der Waals surface area (Å²) in [5.41, 5.74) is 2.11. The zero-order chi connectivity index (χ0) is 12.1. The van der Waals surface area contributed by atoms with Crippen LogP contribution in [0.4, 0.5) is 0 Å². The van der Waals surface area contributed by atoms with Crippen LogP contribution < -0.4 is 5.32 Å². The fraction of sp³-hybridized carbons (Fsp3) is 0.231. The molecule has 1 unspecified atom stereocenters. The SMILES string of the molecule is CCNC(c1cnccn1)c1ccccc1Br. The lowest BCUT2D eigenvalue weighted by Gasteiger charge is -2.18. The zero-order valence-electron chi connectivity index (χ0n) is 9.60. The molecule has 1 aromatic carbocycles. The average Bonchev–Trinajstić information content (AvgIpc) is 2.38. The maximum absolute atomic E-state index is 4.37. The van der Waals surface area contributed by atoms with E-state index in [1.807, 2.05) is 18.2 Å². The van der Waals surface area contributed by atoms with Gasteiger partial charge in [0.05, 0.1) is 17.9 Å². The van der Waals surface area contributed by atoms with E-state index in [2.05, 4.69) is 44.2 Å². The Hall–Kier alpha value is -1.26. The molecular formula is C13H14BrN3. The summed E-state index contributed by atoms with van der Waals surface area (Å²) in [5, 5.41) is 3.42. The first-order valence-electron chi connectivity index (χ1n) is 5.56. The van der Waals surface area contributed by atoms with Crippen molar-refractivity contribution >= 4 is 15.9 Å². The number of nitrogens with zero attached hydrogens (tertiary/aromatic N) is 2. The van der Waals surface area contributed by atoms with Crippen LogP contribution >= 0.6 is 15.9 Å². The fourth-order valence-corrected chi connectivity index (χ4v) is 2.26. The van der Waals surface area contributed by atoms with E-state index in [4.69, 9.17) is 0 Å². The molecule has 0 amide bonds. The molecule has 0 saturated carbocycles. The highest BCUT2D eigenvalue weighted by molar-refractivity contribution is 9.10. The van der Waals surface area contributed by atoms with Crippen molar-refractivity contribution in [3.8, 4) is 0 Å². The molecule has 1 heterocycles. The highest BCUT2D eigenvalue weighted by Crippen LogP contribution is 2.26. The van der Waals surface area contributed by atoms with Crippen LogP contribution in [0.1, 0.15) is 24.2 Å². The minimum absolute atomic E-state index is 0.0734. The predicted molar refractivity (Wildman–Crippen MR) is 71.7 cm³/mol. The molecule has 0 fully saturated rings. The van der Waals surface area contributed by atoms with Gasteiger partial charge in [-0.05, 0) is 18.2 Å². The van der Waals surface area contributed by atoms with Crippen LogP contribution in [-0.2, 0) is 0 Å². The second kappa shape index (κ2) is 5.89. The standard InChI is InChI=1S/C13H14BrN3/c1-2-16-13(12-9-15-7-8-17-12)10-5-3-4-6-11(10)14/h3-9,13,16H,2H2,1H3. The zero-order valence-corrected chi connectivity index (χ0v) is 11.2. The minimum atomic E-state index is 0.0734. The third-order valence-electron chi connectivity index (χ3n) is 2.50. The lowest BCUT2D eigenvalue weighted by molar-refractivity contribution is 0.611.